The summed E-state index contributed by atoms with van der Waals surface area (Å²) < 4.78 is 19.0. The van der Waals surface area contributed by atoms with E-state index in [0.717, 1.165) is 29.9 Å². The molecule has 0 saturated carbocycles. The van der Waals surface area contributed by atoms with Crippen molar-refractivity contribution in [3.8, 4) is 5.75 Å². The second kappa shape index (κ2) is 10.9. The first-order chi connectivity index (χ1) is 12.2. The Bertz CT molecular complexity index is 612. The van der Waals surface area contributed by atoms with Crippen molar-refractivity contribution in [3.63, 3.8) is 0 Å². The highest BCUT2D eigenvalue weighted by Gasteiger charge is 2.11. The molecule has 2 rings (SSSR count). The van der Waals surface area contributed by atoms with E-state index in [1.165, 1.54) is 37.8 Å². The topological polar surface area (TPSA) is 21.3 Å². The van der Waals surface area contributed by atoms with Crippen molar-refractivity contribution in [2.24, 2.45) is 0 Å². The summed E-state index contributed by atoms with van der Waals surface area (Å²) in [5.74, 6) is 0.756. The third-order valence-electron chi connectivity index (χ3n) is 4.42. The molecule has 0 aliphatic heterocycles. The highest BCUT2D eigenvalue weighted by atomic mass is 19.1. The lowest BCUT2D eigenvalue weighted by Gasteiger charge is -2.18. The summed E-state index contributed by atoms with van der Waals surface area (Å²) in [5, 5.41) is 3.49. The second-order valence-electron chi connectivity index (χ2n) is 6.53. The smallest absolute Gasteiger partial charge is 0.124 e. The molecule has 0 bridgehead atoms. The molecule has 2 nitrogen and oxygen atoms in total. The number of benzene rings is 2. The third-order valence-corrected chi connectivity index (χ3v) is 4.42. The minimum absolute atomic E-state index is 0.168. The standard InChI is InChI=1S/C22H30FNO/c1-3-4-5-6-9-16-25-22-11-8-7-10-21(22)18(2)24-17-19-12-14-20(23)15-13-19/h7-8,10-15,18,24H,3-6,9,16-17H2,1-2H3. The van der Waals surface area contributed by atoms with Gasteiger partial charge in [0.25, 0.3) is 0 Å². The normalized spacial score (nSPS) is 12.1. The molecule has 2 aromatic rings. The maximum Gasteiger partial charge on any atom is 0.124 e. The van der Waals surface area contributed by atoms with Gasteiger partial charge < -0.3 is 10.1 Å². The van der Waals surface area contributed by atoms with Crippen molar-refractivity contribution in [2.75, 3.05) is 6.61 Å². The van der Waals surface area contributed by atoms with Gasteiger partial charge in [0.1, 0.15) is 11.6 Å². The molecule has 1 atom stereocenters. The number of ether oxygens (including phenoxy) is 1. The van der Waals surface area contributed by atoms with E-state index in [0.29, 0.717) is 6.54 Å². The Kier molecular flexibility index (Phi) is 8.47. The van der Waals surface area contributed by atoms with Crippen molar-refractivity contribution in [1.82, 2.24) is 5.32 Å². The predicted octanol–water partition coefficient (Wildman–Crippen LogP) is 6.03. The predicted molar refractivity (Wildman–Crippen MR) is 102 cm³/mol. The van der Waals surface area contributed by atoms with E-state index in [1.807, 2.05) is 30.3 Å². The number of unbranched alkanes of at least 4 members (excludes halogenated alkanes) is 4. The number of para-hydroxylation sites is 1. The van der Waals surface area contributed by atoms with Gasteiger partial charge in [-0.1, -0.05) is 62.9 Å². The SMILES string of the molecule is CCCCCCCOc1ccccc1C(C)NCc1ccc(F)cc1. The summed E-state index contributed by atoms with van der Waals surface area (Å²) in [4.78, 5) is 0. The molecule has 136 valence electrons. The van der Waals surface area contributed by atoms with Gasteiger partial charge in [-0.3, -0.25) is 0 Å². The van der Waals surface area contributed by atoms with E-state index in [1.54, 1.807) is 0 Å². The highest BCUT2D eigenvalue weighted by molar-refractivity contribution is 5.35. The molecule has 0 amide bonds. The minimum atomic E-state index is -0.200. The van der Waals surface area contributed by atoms with Gasteiger partial charge in [-0.15, -0.1) is 0 Å². The number of hydrogen-bond acceptors (Lipinski definition) is 2. The Morgan fingerprint density at radius 2 is 1.68 bits per heavy atom. The molecule has 0 radical (unpaired) electrons. The fraction of sp³-hybridized carbons (Fsp3) is 0.455. The Labute approximate surface area is 151 Å². The molecular weight excluding hydrogens is 313 g/mol. The summed E-state index contributed by atoms with van der Waals surface area (Å²) in [6.07, 6.45) is 6.19. The van der Waals surface area contributed by atoms with Crippen LogP contribution in [0.5, 0.6) is 5.75 Å². The Hall–Kier alpha value is -1.87. The molecule has 0 heterocycles. The summed E-state index contributed by atoms with van der Waals surface area (Å²) >= 11 is 0. The van der Waals surface area contributed by atoms with Crippen LogP contribution in [0.3, 0.4) is 0 Å². The van der Waals surface area contributed by atoms with Gasteiger partial charge in [0.15, 0.2) is 0 Å². The van der Waals surface area contributed by atoms with E-state index in [9.17, 15) is 4.39 Å². The Morgan fingerprint density at radius 3 is 2.44 bits per heavy atom. The Balaban J connectivity index is 1.84. The first kappa shape index (κ1) is 19.5. The molecule has 2 aromatic carbocycles. The van der Waals surface area contributed by atoms with Crippen LogP contribution in [0.2, 0.25) is 0 Å². The number of nitrogens with one attached hydrogen (secondary N) is 1. The van der Waals surface area contributed by atoms with Gasteiger partial charge in [0.05, 0.1) is 6.61 Å². The van der Waals surface area contributed by atoms with E-state index in [2.05, 4.69) is 25.2 Å². The van der Waals surface area contributed by atoms with Crippen LogP contribution in [-0.2, 0) is 6.54 Å². The minimum Gasteiger partial charge on any atom is -0.493 e. The zero-order valence-corrected chi connectivity index (χ0v) is 15.4. The van der Waals surface area contributed by atoms with Gasteiger partial charge >= 0.3 is 0 Å². The van der Waals surface area contributed by atoms with Gasteiger partial charge in [-0.2, -0.15) is 0 Å². The summed E-state index contributed by atoms with van der Waals surface area (Å²) in [6, 6.07) is 15.0. The lowest BCUT2D eigenvalue weighted by molar-refractivity contribution is 0.298. The zero-order chi connectivity index (χ0) is 17.9. The molecule has 1 N–H and O–H groups in total. The maximum absolute atomic E-state index is 13.0. The molecule has 0 fully saturated rings. The van der Waals surface area contributed by atoms with Crippen molar-refractivity contribution >= 4 is 0 Å². The quantitative estimate of drug-likeness (QED) is 0.503. The van der Waals surface area contributed by atoms with Crippen LogP contribution >= 0.6 is 0 Å². The van der Waals surface area contributed by atoms with E-state index in [4.69, 9.17) is 4.74 Å². The first-order valence-electron chi connectivity index (χ1n) is 9.40. The molecule has 25 heavy (non-hydrogen) atoms. The average molecular weight is 343 g/mol. The molecule has 1 unspecified atom stereocenters. The molecule has 0 saturated heterocycles. The van der Waals surface area contributed by atoms with Crippen molar-refractivity contribution in [3.05, 3.63) is 65.5 Å². The van der Waals surface area contributed by atoms with Crippen LogP contribution in [0.15, 0.2) is 48.5 Å². The third kappa shape index (κ3) is 6.87. The molecule has 0 aliphatic carbocycles. The van der Waals surface area contributed by atoms with Gasteiger partial charge in [0, 0.05) is 18.2 Å². The number of rotatable bonds is 11. The lowest BCUT2D eigenvalue weighted by Crippen LogP contribution is -2.19. The fourth-order valence-corrected chi connectivity index (χ4v) is 2.84. The van der Waals surface area contributed by atoms with Gasteiger partial charge in [-0.05, 0) is 37.1 Å². The number of hydrogen-bond donors (Lipinski definition) is 1. The van der Waals surface area contributed by atoms with E-state index < -0.39 is 0 Å². The van der Waals surface area contributed by atoms with E-state index >= 15 is 0 Å². The van der Waals surface area contributed by atoms with Crippen LogP contribution in [0, 0.1) is 5.82 Å². The van der Waals surface area contributed by atoms with Gasteiger partial charge in [0.2, 0.25) is 0 Å². The molecule has 0 spiro atoms. The summed E-state index contributed by atoms with van der Waals surface area (Å²) in [6.45, 7) is 5.83. The highest BCUT2D eigenvalue weighted by Crippen LogP contribution is 2.25. The Morgan fingerprint density at radius 1 is 0.960 bits per heavy atom. The van der Waals surface area contributed by atoms with Crippen LogP contribution in [0.25, 0.3) is 0 Å². The second-order valence-corrected chi connectivity index (χ2v) is 6.53. The molecule has 0 aliphatic rings. The summed E-state index contributed by atoms with van der Waals surface area (Å²) in [7, 11) is 0. The fourth-order valence-electron chi connectivity index (χ4n) is 2.84. The van der Waals surface area contributed by atoms with Gasteiger partial charge in [-0.25, -0.2) is 4.39 Å². The molecule has 0 aromatic heterocycles. The van der Waals surface area contributed by atoms with Crippen LogP contribution in [0.1, 0.15) is 63.1 Å². The van der Waals surface area contributed by atoms with E-state index in [-0.39, 0.29) is 11.9 Å². The van der Waals surface area contributed by atoms with Crippen LogP contribution < -0.4 is 10.1 Å². The van der Waals surface area contributed by atoms with Crippen molar-refractivity contribution < 1.29 is 9.13 Å². The molecular formula is C22H30FNO. The monoisotopic (exact) mass is 343 g/mol. The van der Waals surface area contributed by atoms with Crippen LogP contribution in [-0.4, -0.2) is 6.61 Å². The maximum atomic E-state index is 13.0. The zero-order valence-electron chi connectivity index (χ0n) is 15.4. The van der Waals surface area contributed by atoms with Crippen LogP contribution in [0.4, 0.5) is 4.39 Å². The van der Waals surface area contributed by atoms with Crippen molar-refractivity contribution in [2.45, 2.75) is 58.5 Å². The number of halogens is 1. The molecule has 3 heteroatoms. The first-order valence-corrected chi connectivity index (χ1v) is 9.40. The largest absolute Gasteiger partial charge is 0.493 e. The van der Waals surface area contributed by atoms with Crippen molar-refractivity contribution in [1.29, 1.82) is 0 Å². The average Bonchev–Trinajstić information content (AvgIpc) is 2.64. The lowest BCUT2D eigenvalue weighted by atomic mass is 10.1. The summed E-state index contributed by atoms with van der Waals surface area (Å²) in [5.41, 5.74) is 2.24.